The van der Waals surface area contributed by atoms with Crippen molar-refractivity contribution in [3.05, 3.63) is 46.5 Å². The number of fused-ring (bicyclic) bond motifs is 1. The third-order valence-corrected chi connectivity index (χ3v) is 4.46. The van der Waals surface area contributed by atoms with Gasteiger partial charge in [0.15, 0.2) is 5.13 Å². The van der Waals surface area contributed by atoms with Crippen LogP contribution in [0.1, 0.15) is 16.1 Å². The van der Waals surface area contributed by atoms with E-state index in [0.717, 1.165) is 18.5 Å². The van der Waals surface area contributed by atoms with E-state index in [2.05, 4.69) is 34.6 Å². The fourth-order valence-electron chi connectivity index (χ4n) is 2.58. The molecule has 1 aliphatic rings. The molecule has 3 N–H and O–H groups in total. The first-order valence-corrected chi connectivity index (χ1v) is 6.54. The average molecular weight is 245 g/mol. The number of likely N-dealkylation sites (N-methyl/N-ethyl adjacent to an activating group) is 1. The van der Waals surface area contributed by atoms with Crippen molar-refractivity contribution in [2.75, 3.05) is 12.8 Å². The Morgan fingerprint density at radius 2 is 2.06 bits per heavy atom. The van der Waals surface area contributed by atoms with Crippen molar-refractivity contribution in [2.24, 2.45) is 0 Å². The predicted octanol–water partition coefficient (Wildman–Crippen LogP) is 1.94. The summed E-state index contributed by atoms with van der Waals surface area (Å²) in [6, 6.07) is 10.6. The number of anilines is 1. The summed E-state index contributed by atoms with van der Waals surface area (Å²) in [5.41, 5.74) is 8.23. The summed E-state index contributed by atoms with van der Waals surface area (Å²) in [6.45, 7) is 0. The van der Waals surface area contributed by atoms with Crippen molar-refractivity contribution >= 4 is 16.5 Å². The Kier molecular flexibility index (Phi) is 2.42. The van der Waals surface area contributed by atoms with Crippen molar-refractivity contribution < 1.29 is 0 Å². The number of nitrogens with two attached hydrogens (primary N) is 1. The molecule has 17 heavy (non-hydrogen) atoms. The summed E-state index contributed by atoms with van der Waals surface area (Å²) >= 11 is 1.62. The van der Waals surface area contributed by atoms with E-state index in [1.54, 1.807) is 11.3 Å². The number of nitrogens with one attached hydrogen (secondary N) is 1. The standard InChI is InChI=1S/C13H15N3S/c1-15-13(9-5-3-2-4-6-9)7-10-11(8-13)17-12(14)16-10/h2-6,15H,7-8H2,1H3,(H2,14,16). The van der Waals surface area contributed by atoms with Gasteiger partial charge in [-0.25, -0.2) is 4.98 Å². The SMILES string of the molecule is CNC1(c2ccccc2)Cc2nc(N)sc2C1. The lowest BCUT2D eigenvalue weighted by Crippen LogP contribution is -2.40. The van der Waals surface area contributed by atoms with Crippen LogP contribution in [0.25, 0.3) is 0 Å². The zero-order valence-electron chi connectivity index (χ0n) is 9.73. The van der Waals surface area contributed by atoms with Gasteiger partial charge in [0.1, 0.15) is 0 Å². The summed E-state index contributed by atoms with van der Waals surface area (Å²) in [5, 5.41) is 4.16. The summed E-state index contributed by atoms with van der Waals surface area (Å²) < 4.78 is 0. The second kappa shape index (κ2) is 3.82. The number of nitrogens with zero attached hydrogens (tertiary/aromatic N) is 1. The highest BCUT2D eigenvalue weighted by Gasteiger charge is 2.39. The van der Waals surface area contributed by atoms with Crippen molar-refractivity contribution in [3.8, 4) is 0 Å². The molecule has 88 valence electrons. The molecule has 0 saturated carbocycles. The minimum absolute atomic E-state index is 0.00310. The molecule has 3 nitrogen and oxygen atoms in total. The third kappa shape index (κ3) is 1.64. The largest absolute Gasteiger partial charge is 0.375 e. The first kappa shape index (κ1) is 10.7. The molecule has 2 aromatic rings. The lowest BCUT2D eigenvalue weighted by molar-refractivity contribution is 0.380. The van der Waals surface area contributed by atoms with Gasteiger partial charge in [0.05, 0.1) is 11.2 Å². The Morgan fingerprint density at radius 1 is 1.29 bits per heavy atom. The normalized spacial score (nSPS) is 22.6. The number of hydrogen-bond donors (Lipinski definition) is 2. The second-order valence-corrected chi connectivity index (χ2v) is 5.59. The number of nitrogen functional groups attached to an aromatic ring is 1. The molecule has 0 fully saturated rings. The Labute approximate surface area is 105 Å². The van der Waals surface area contributed by atoms with Gasteiger partial charge in [-0.3, -0.25) is 0 Å². The first-order valence-electron chi connectivity index (χ1n) is 5.72. The summed E-state index contributed by atoms with van der Waals surface area (Å²) in [7, 11) is 2.02. The number of thiazole rings is 1. The molecule has 0 spiro atoms. The summed E-state index contributed by atoms with van der Waals surface area (Å²) in [5.74, 6) is 0. The number of rotatable bonds is 2. The van der Waals surface area contributed by atoms with Crippen molar-refractivity contribution in [1.82, 2.24) is 10.3 Å². The molecule has 1 heterocycles. The van der Waals surface area contributed by atoms with Gasteiger partial charge in [0.2, 0.25) is 0 Å². The molecule has 0 amide bonds. The maximum Gasteiger partial charge on any atom is 0.180 e. The molecule has 0 bridgehead atoms. The van der Waals surface area contributed by atoms with Crippen LogP contribution in [-0.4, -0.2) is 12.0 Å². The molecule has 1 aromatic heterocycles. The topological polar surface area (TPSA) is 50.9 Å². The van der Waals surface area contributed by atoms with Crippen molar-refractivity contribution in [1.29, 1.82) is 0 Å². The zero-order chi connectivity index (χ0) is 11.9. The molecule has 0 saturated heterocycles. The van der Waals surface area contributed by atoms with Gasteiger partial charge in [0.25, 0.3) is 0 Å². The molecular formula is C13H15N3S. The van der Waals surface area contributed by atoms with E-state index in [9.17, 15) is 0 Å². The van der Waals surface area contributed by atoms with Gasteiger partial charge in [0, 0.05) is 17.7 Å². The van der Waals surface area contributed by atoms with Gasteiger partial charge in [-0.1, -0.05) is 30.3 Å². The van der Waals surface area contributed by atoms with Crippen LogP contribution in [0.2, 0.25) is 0 Å². The van der Waals surface area contributed by atoms with Crippen LogP contribution in [-0.2, 0) is 18.4 Å². The van der Waals surface area contributed by atoms with Crippen molar-refractivity contribution in [3.63, 3.8) is 0 Å². The maximum absolute atomic E-state index is 5.74. The van der Waals surface area contributed by atoms with E-state index in [4.69, 9.17) is 5.73 Å². The molecule has 0 aliphatic heterocycles. The highest BCUT2D eigenvalue weighted by atomic mass is 32.1. The number of benzene rings is 1. The summed E-state index contributed by atoms with van der Waals surface area (Å²) in [4.78, 5) is 5.74. The van der Waals surface area contributed by atoms with Crippen LogP contribution in [0, 0.1) is 0 Å². The fourth-order valence-corrected chi connectivity index (χ4v) is 3.55. The lowest BCUT2D eigenvalue weighted by atomic mass is 9.88. The van der Waals surface area contributed by atoms with Gasteiger partial charge < -0.3 is 11.1 Å². The fraction of sp³-hybridized carbons (Fsp3) is 0.308. The second-order valence-electron chi connectivity index (χ2n) is 4.47. The highest BCUT2D eigenvalue weighted by Crippen LogP contribution is 2.40. The Bertz CT molecular complexity index is 509. The quantitative estimate of drug-likeness (QED) is 0.850. The molecule has 3 rings (SSSR count). The van der Waals surface area contributed by atoms with Crippen molar-refractivity contribution in [2.45, 2.75) is 18.4 Å². The van der Waals surface area contributed by atoms with Crippen LogP contribution in [0.3, 0.4) is 0 Å². The predicted molar refractivity (Wildman–Crippen MR) is 71.1 cm³/mol. The van der Waals surface area contributed by atoms with Crippen LogP contribution >= 0.6 is 11.3 Å². The Balaban J connectivity index is 2.00. The van der Waals surface area contributed by atoms with Gasteiger partial charge in [-0.2, -0.15) is 0 Å². The van der Waals surface area contributed by atoms with E-state index in [1.165, 1.54) is 10.4 Å². The smallest absolute Gasteiger partial charge is 0.180 e. The van der Waals surface area contributed by atoms with Crippen LogP contribution in [0.4, 0.5) is 5.13 Å². The van der Waals surface area contributed by atoms with Crippen LogP contribution in [0.15, 0.2) is 30.3 Å². The molecule has 0 radical (unpaired) electrons. The zero-order valence-corrected chi connectivity index (χ0v) is 10.6. The highest BCUT2D eigenvalue weighted by molar-refractivity contribution is 7.15. The van der Waals surface area contributed by atoms with Crippen LogP contribution in [0.5, 0.6) is 0 Å². The maximum atomic E-state index is 5.74. The number of hydrogen-bond acceptors (Lipinski definition) is 4. The van der Waals surface area contributed by atoms with E-state index >= 15 is 0 Å². The molecule has 1 aromatic carbocycles. The molecular weight excluding hydrogens is 230 g/mol. The van der Waals surface area contributed by atoms with Crippen LogP contribution < -0.4 is 11.1 Å². The van der Waals surface area contributed by atoms with E-state index in [1.807, 2.05) is 13.1 Å². The van der Waals surface area contributed by atoms with E-state index < -0.39 is 0 Å². The Hall–Kier alpha value is -1.39. The molecule has 4 heteroatoms. The average Bonchev–Trinajstić information content (AvgIpc) is 2.85. The van der Waals surface area contributed by atoms with Gasteiger partial charge in [-0.15, -0.1) is 11.3 Å². The molecule has 1 aliphatic carbocycles. The first-order chi connectivity index (χ1) is 8.23. The third-order valence-electron chi connectivity index (χ3n) is 3.53. The number of aromatic nitrogens is 1. The van der Waals surface area contributed by atoms with Gasteiger partial charge >= 0.3 is 0 Å². The minimum atomic E-state index is 0.00310. The lowest BCUT2D eigenvalue weighted by Gasteiger charge is -2.29. The molecule has 1 unspecified atom stereocenters. The van der Waals surface area contributed by atoms with E-state index in [-0.39, 0.29) is 5.54 Å². The molecule has 1 atom stereocenters. The Morgan fingerprint density at radius 3 is 2.71 bits per heavy atom. The monoisotopic (exact) mass is 245 g/mol. The minimum Gasteiger partial charge on any atom is -0.375 e. The summed E-state index contributed by atoms with van der Waals surface area (Å²) in [6.07, 6.45) is 1.91. The van der Waals surface area contributed by atoms with E-state index in [0.29, 0.717) is 5.13 Å². The van der Waals surface area contributed by atoms with Gasteiger partial charge in [-0.05, 0) is 12.6 Å².